The van der Waals surface area contributed by atoms with Crippen molar-refractivity contribution in [2.45, 2.75) is 52.6 Å². The van der Waals surface area contributed by atoms with Gasteiger partial charge in [0.25, 0.3) is 0 Å². The molecule has 0 bridgehead atoms. The molecule has 0 spiro atoms. The fourth-order valence-electron chi connectivity index (χ4n) is 2.01. The van der Waals surface area contributed by atoms with Gasteiger partial charge in [-0.1, -0.05) is 26.3 Å². The van der Waals surface area contributed by atoms with Crippen molar-refractivity contribution >= 4 is 5.97 Å². The summed E-state index contributed by atoms with van der Waals surface area (Å²) in [6.07, 6.45) is 4.46. The van der Waals surface area contributed by atoms with Gasteiger partial charge in [0.05, 0.1) is 12.3 Å². The van der Waals surface area contributed by atoms with Crippen LogP contribution in [0.15, 0.2) is 18.3 Å². The van der Waals surface area contributed by atoms with Gasteiger partial charge < -0.3 is 4.74 Å². The molecule has 4 heteroatoms. The summed E-state index contributed by atoms with van der Waals surface area (Å²) in [6.45, 7) is 7.02. The highest BCUT2D eigenvalue weighted by Gasteiger charge is 2.18. The summed E-state index contributed by atoms with van der Waals surface area (Å²) in [5, 5.41) is 3.26. The number of aryl methyl sites for hydroxylation is 1. The molecule has 0 aliphatic carbocycles. The summed E-state index contributed by atoms with van der Waals surface area (Å²) in [6, 6.07) is 3.78. The van der Waals surface area contributed by atoms with Gasteiger partial charge in [0.15, 0.2) is 0 Å². The Morgan fingerprint density at radius 2 is 2.21 bits per heavy atom. The molecule has 1 N–H and O–H groups in total. The monoisotopic (exact) mass is 264 g/mol. The van der Waals surface area contributed by atoms with E-state index in [1.54, 1.807) is 6.20 Å². The third kappa shape index (κ3) is 4.99. The summed E-state index contributed by atoms with van der Waals surface area (Å²) >= 11 is 0. The van der Waals surface area contributed by atoms with Crippen molar-refractivity contribution < 1.29 is 9.53 Å². The van der Waals surface area contributed by atoms with E-state index in [2.05, 4.69) is 30.2 Å². The van der Waals surface area contributed by atoms with E-state index in [1.807, 2.05) is 13.0 Å². The molecule has 0 aliphatic heterocycles. The predicted octanol–water partition coefficient (Wildman–Crippen LogP) is 2.47. The second kappa shape index (κ2) is 8.64. The van der Waals surface area contributed by atoms with Gasteiger partial charge in [0.1, 0.15) is 6.04 Å². The van der Waals surface area contributed by atoms with Gasteiger partial charge in [-0.15, -0.1) is 0 Å². The lowest BCUT2D eigenvalue weighted by Gasteiger charge is -2.17. The van der Waals surface area contributed by atoms with E-state index in [9.17, 15) is 4.79 Å². The number of nitrogens with zero attached hydrogens (tertiary/aromatic N) is 1. The van der Waals surface area contributed by atoms with Crippen LogP contribution >= 0.6 is 0 Å². The average molecular weight is 264 g/mol. The number of esters is 1. The van der Waals surface area contributed by atoms with Gasteiger partial charge in [-0.3, -0.25) is 15.1 Å². The fourth-order valence-corrected chi connectivity index (χ4v) is 2.01. The highest BCUT2D eigenvalue weighted by molar-refractivity contribution is 5.75. The van der Waals surface area contributed by atoms with Crippen LogP contribution in [0.4, 0.5) is 0 Å². The first kappa shape index (κ1) is 15.6. The fraction of sp³-hybridized carbons (Fsp3) is 0.600. The Labute approximate surface area is 115 Å². The highest BCUT2D eigenvalue weighted by atomic mass is 16.5. The molecule has 4 nitrogen and oxygen atoms in total. The summed E-state index contributed by atoms with van der Waals surface area (Å²) in [5.74, 6) is -0.168. The van der Waals surface area contributed by atoms with E-state index >= 15 is 0 Å². The second-order valence-corrected chi connectivity index (χ2v) is 4.44. The molecule has 1 heterocycles. The number of carbonyl (C=O) groups excluding carboxylic acids is 1. The minimum absolute atomic E-state index is 0.168. The van der Waals surface area contributed by atoms with Gasteiger partial charge >= 0.3 is 5.97 Å². The Morgan fingerprint density at radius 3 is 2.84 bits per heavy atom. The largest absolute Gasteiger partial charge is 0.465 e. The molecule has 1 rings (SSSR count). The molecule has 0 saturated carbocycles. The first-order valence-electron chi connectivity index (χ1n) is 7.05. The van der Waals surface area contributed by atoms with Crippen molar-refractivity contribution in [1.82, 2.24) is 10.3 Å². The zero-order chi connectivity index (χ0) is 14.1. The first-order valence-corrected chi connectivity index (χ1v) is 7.05. The molecule has 106 valence electrons. The van der Waals surface area contributed by atoms with Crippen LogP contribution in [0.25, 0.3) is 0 Å². The molecule has 0 amide bonds. The molecule has 0 saturated heterocycles. The molecule has 1 unspecified atom stereocenters. The molecular weight excluding hydrogens is 240 g/mol. The lowest BCUT2D eigenvalue weighted by molar-refractivity contribution is -0.145. The maximum atomic E-state index is 11.8. The number of carbonyl (C=O) groups is 1. The van der Waals surface area contributed by atoms with Crippen molar-refractivity contribution in [2.75, 3.05) is 6.61 Å². The summed E-state index contributed by atoms with van der Waals surface area (Å²) in [7, 11) is 0. The van der Waals surface area contributed by atoms with Crippen LogP contribution in [-0.4, -0.2) is 23.6 Å². The lowest BCUT2D eigenvalue weighted by atomic mass is 10.1. The molecule has 1 atom stereocenters. The summed E-state index contributed by atoms with van der Waals surface area (Å²) < 4.78 is 5.08. The van der Waals surface area contributed by atoms with Crippen LogP contribution in [0.5, 0.6) is 0 Å². The molecule has 0 aliphatic rings. The van der Waals surface area contributed by atoms with E-state index < -0.39 is 0 Å². The maximum absolute atomic E-state index is 11.8. The van der Waals surface area contributed by atoms with Crippen LogP contribution in [0.2, 0.25) is 0 Å². The normalized spacial score (nSPS) is 12.2. The van der Waals surface area contributed by atoms with E-state index in [1.165, 1.54) is 5.56 Å². The smallest absolute Gasteiger partial charge is 0.323 e. The number of hydrogen-bond acceptors (Lipinski definition) is 4. The number of rotatable bonds is 8. The molecule has 1 aromatic heterocycles. The van der Waals surface area contributed by atoms with E-state index in [-0.39, 0.29) is 12.0 Å². The van der Waals surface area contributed by atoms with Crippen LogP contribution in [-0.2, 0) is 22.5 Å². The molecule has 0 aromatic carbocycles. The van der Waals surface area contributed by atoms with Crippen LogP contribution in [0, 0.1) is 0 Å². The topological polar surface area (TPSA) is 51.2 Å². The number of aromatic nitrogens is 1. The Bertz CT molecular complexity index is 393. The zero-order valence-corrected chi connectivity index (χ0v) is 12.1. The summed E-state index contributed by atoms with van der Waals surface area (Å²) in [5.41, 5.74) is 2.23. The lowest BCUT2D eigenvalue weighted by Crippen LogP contribution is -2.38. The molecular formula is C15H24N2O2. The van der Waals surface area contributed by atoms with Crippen LogP contribution in [0.3, 0.4) is 0 Å². The van der Waals surface area contributed by atoms with E-state index in [4.69, 9.17) is 4.74 Å². The first-order chi connectivity index (χ1) is 9.22. The molecule has 1 aromatic rings. The predicted molar refractivity (Wildman–Crippen MR) is 75.8 cm³/mol. The number of nitrogens with one attached hydrogen (secondary N) is 1. The molecule has 19 heavy (non-hydrogen) atoms. The van der Waals surface area contributed by atoms with Crippen molar-refractivity contribution in [2.24, 2.45) is 0 Å². The Balaban J connectivity index is 2.62. The third-order valence-electron chi connectivity index (χ3n) is 3.03. The maximum Gasteiger partial charge on any atom is 0.323 e. The van der Waals surface area contributed by atoms with Gasteiger partial charge in [-0.2, -0.15) is 0 Å². The quantitative estimate of drug-likeness (QED) is 0.733. The van der Waals surface area contributed by atoms with E-state index in [0.717, 1.165) is 25.0 Å². The van der Waals surface area contributed by atoms with Crippen molar-refractivity contribution in [3.8, 4) is 0 Å². The van der Waals surface area contributed by atoms with Crippen molar-refractivity contribution in [1.29, 1.82) is 0 Å². The minimum Gasteiger partial charge on any atom is -0.465 e. The minimum atomic E-state index is -0.239. The Hall–Kier alpha value is -1.42. The van der Waals surface area contributed by atoms with Crippen LogP contribution < -0.4 is 5.32 Å². The average Bonchev–Trinajstić information content (AvgIpc) is 2.44. The zero-order valence-electron chi connectivity index (χ0n) is 12.1. The Kier molecular flexibility index (Phi) is 7.11. The SMILES string of the molecule is CCCC(NCc1ncccc1CC)C(=O)OCC. The third-order valence-corrected chi connectivity index (χ3v) is 3.03. The number of pyridine rings is 1. The standard InChI is InChI=1S/C15H24N2O2/c1-4-8-13(15(18)19-6-3)17-11-14-12(5-2)9-7-10-16-14/h7,9-10,13,17H,4-6,8,11H2,1-3H3. The van der Waals surface area contributed by atoms with Gasteiger partial charge in [0, 0.05) is 12.7 Å². The number of hydrogen-bond donors (Lipinski definition) is 1. The van der Waals surface area contributed by atoms with Crippen LogP contribution in [0.1, 0.15) is 44.9 Å². The highest BCUT2D eigenvalue weighted by Crippen LogP contribution is 2.07. The van der Waals surface area contributed by atoms with Gasteiger partial charge in [-0.25, -0.2) is 0 Å². The second-order valence-electron chi connectivity index (χ2n) is 4.44. The summed E-state index contributed by atoms with van der Waals surface area (Å²) in [4.78, 5) is 16.2. The van der Waals surface area contributed by atoms with Gasteiger partial charge in [-0.05, 0) is 31.4 Å². The molecule has 0 radical (unpaired) electrons. The molecule has 0 fully saturated rings. The number of ether oxygens (including phenoxy) is 1. The van der Waals surface area contributed by atoms with Crippen molar-refractivity contribution in [3.63, 3.8) is 0 Å². The van der Waals surface area contributed by atoms with Crippen molar-refractivity contribution in [3.05, 3.63) is 29.6 Å². The van der Waals surface area contributed by atoms with Gasteiger partial charge in [0.2, 0.25) is 0 Å². The van der Waals surface area contributed by atoms with E-state index in [0.29, 0.717) is 13.2 Å². The Morgan fingerprint density at radius 1 is 1.42 bits per heavy atom.